The summed E-state index contributed by atoms with van der Waals surface area (Å²) < 4.78 is 0.378. The molecule has 1 aromatic rings. The molecular weight excluding hydrogens is 280 g/mol. The van der Waals surface area contributed by atoms with Crippen LogP contribution in [0, 0.1) is 10.1 Å². The Hall–Kier alpha value is -1.63. The summed E-state index contributed by atoms with van der Waals surface area (Å²) >= 11 is 3.10. The number of hydrogen-bond donors (Lipinski definition) is 1. The first-order valence-electron chi connectivity index (χ1n) is 4.48. The van der Waals surface area contributed by atoms with E-state index in [1.54, 1.807) is 6.07 Å². The van der Waals surface area contributed by atoms with Gasteiger partial charge in [-0.3, -0.25) is 15.0 Å². The average Bonchev–Trinajstić information content (AvgIpc) is 2.58. The molecule has 1 N–H and O–H groups in total. The fourth-order valence-electron chi connectivity index (χ4n) is 1.73. The lowest BCUT2D eigenvalue weighted by Crippen LogP contribution is -2.26. The van der Waals surface area contributed by atoms with Gasteiger partial charge in [0.05, 0.1) is 15.1 Å². The highest BCUT2D eigenvalue weighted by Gasteiger charge is 2.28. The standard InChI is InChI=1S/C9H7BrN2O4/c10-6-3-5-1-2-11(9(13)14)7(5)4-8(6)12(15)16/h3-4H,1-2H2,(H,13,14). The molecule has 0 radical (unpaired) electrons. The van der Waals surface area contributed by atoms with Crippen LogP contribution in [0.1, 0.15) is 5.56 Å². The number of nitrogens with zero attached hydrogens (tertiary/aromatic N) is 2. The van der Waals surface area contributed by atoms with Gasteiger partial charge in [0.1, 0.15) is 0 Å². The van der Waals surface area contributed by atoms with Crippen molar-refractivity contribution in [2.75, 3.05) is 11.4 Å². The van der Waals surface area contributed by atoms with E-state index in [4.69, 9.17) is 5.11 Å². The van der Waals surface area contributed by atoms with E-state index in [1.165, 1.54) is 6.07 Å². The van der Waals surface area contributed by atoms with Crippen LogP contribution in [0.25, 0.3) is 0 Å². The predicted octanol–water partition coefficient (Wildman–Crippen LogP) is 2.40. The number of anilines is 1. The second-order valence-electron chi connectivity index (χ2n) is 3.37. The van der Waals surface area contributed by atoms with Crippen molar-refractivity contribution in [2.45, 2.75) is 6.42 Å². The molecule has 0 bridgehead atoms. The molecule has 7 heteroatoms. The lowest BCUT2D eigenvalue weighted by Gasteiger charge is -2.12. The quantitative estimate of drug-likeness (QED) is 0.635. The van der Waals surface area contributed by atoms with E-state index in [2.05, 4.69) is 15.9 Å². The summed E-state index contributed by atoms with van der Waals surface area (Å²) in [5.41, 5.74) is 1.09. The second-order valence-corrected chi connectivity index (χ2v) is 4.23. The molecule has 0 atom stereocenters. The average molecular weight is 287 g/mol. The maximum absolute atomic E-state index is 10.9. The highest BCUT2D eigenvalue weighted by molar-refractivity contribution is 9.10. The largest absolute Gasteiger partial charge is 0.465 e. The Morgan fingerprint density at radius 3 is 2.81 bits per heavy atom. The number of hydrogen-bond acceptors (Lipinski definition) is 3. The van der Waals surface area contributed by atoms with E-state index in [9.17, 15) is 14.9 Å². The maximum atomic E-state index is 10.9. The molecule has 2 rings (SSSR count). The zero-order chi connectivity index (χ0) is 11.9. The number of carboxylic acid groups (broad SMARTS) is 1. The van der Waals surface area contributed by atoms with Crippen molar-refractivity contribution in [3.8, 4) is 0 Å². The van der Waals surface area contributed by atoms with Gasteiger partial charge in [0, 0.05) is 12.6 Å². The second kappa shape index (κ2) is 3.75. The van der Waals surface area contributed by atoms with E-state index < -0.39 is 11.0 Å². The van der Waals surface area contributed by atoms with Crippen molar-refractivity contribution in [2.24, 2.45) is 0 Å². The van der Waals surface area contributed by atoms with Crippen molar-refractivity contribution in [1.82, 2.24) is 0 Å². The van der Waals surface area contributed by atoms with Gasteiger partial charge in [-0.1, -0.05) is 0 Å². The molecule has 0 aromatic heterocycles. The molecule has 0 unspecified atom stereocenters. The molecule has 1 amide bonds. The van der Waals surface area contributed by atoms with Crippen molar-refractivity contribution in [3.05, 3.63) is 32.3 Å². The topological polar surface area (TPSA) is 83.7 Å². The van der Waals surface area contributed by atoms with Crippen LogP contribution in [-0.2, 0) is 6.42 Å². The van der Waals surface area contributed by atoms with Gasteiger partial charge in [-0.25, -0.2) is 4.79 Å². The van der Waals surface area contributed by atoms with Crippen LogP contribution in [0.4, 0.5) is 16.2 Å². The highest BCUT2D eigenvalue weighted by atomic mass is 79.9. The number of nitro groups is 1. The van der Waals surface area contributed by atoms with Crippen LogP contribution in [0.2, 0.25) is 0 Å². The molecule has 1 heterocycles. The Kier molecular flexibility index (Phi) is 2.55. The molecule has 0 saturated heterocycles. The minimum absolute atomic E-state index is 0.119. The smallest absolute Gasteiger partial charge is 0.411 e. The molecule has 0 spiro atoms. The van der Waals surface area contributed by atoms with Gasteiger partial charge < -0.3 is 5.11 Å². The molecule has 84 valence electrons. The maximum Gasteiger partial charge on any atom is 0.411 e. The number of rotatable bonds is 1. The summed E-state index contributed by atoms with van der Waals surface area (Å²) in [5.74, 6) is 0. The van der Waals surface area contributed by atoms with Gasteiger partial charge in [-0.2, -0.15) is 0 Å². The van der Waals surface area contributed by atoms with Gasteiger partial charge in [-0.05, 0) is 34.0 Å². The summed E-state index contributed by atoms with van der Waals surface area (Å²) in [6, 6.07) is 2.90. The number of carbonyl (C=O) groups is 1. The first-order valence-corrected chi connectivity index (χ1v) is 5.27. The summed E-state index contributed by atoms with van der Waals surface area (Å²) in [4.78, 5) is 22.2. The number of benzene rings is 1. The third-order valence-electron chi connectivity index (χ3n) is 2.47. The lowest BCUT2D eigenvalue weighted by atomic mass is 10.1. The van der Waals surface area contributed by atoms with Crippen LogP contribution < -0.4 is 4.90 Å². The minimum atomic E-state index is -1.09. The van der Waals surface area contributed by atoms with Crippen LogP contribution in [0.5, 0.6) is 0 Å². The third-order valence-corrected chi connectivity index (χ3v) is 3.11. The van der Waals surface area contributed by atoms with Crippen LogP contribution in [-0.4, -0.2) is 22.7 Å². The molecule has 16 heavy (non-hydrogen) atoms. The number of halogens is 1. The summed E-state index contributed by atoms with van der Waals surface area (Å²) in [7, 11) is 0. The van der Waals surface area contributed by atoms with Gasteiger partial charge >= 0.3 is 6.09 Å². The van der Waals surface area contributed by atoms with Crippen LogP contribution in [0.15, 0.2) is 16.6 Å². The highest BCUT2D eigenvalue weighted by Crippen LogP contribution is 2.36. The molecule has 0 aliphatic carbocycles. The predicted molar refractivity (Wildman–Crippen MR) is 59.9 cm³/mol. The summed E-state index contributed by atoms with van der Waals surface area (Å²) in [6.45, 7) is 0.346. The minimum Gasteiger partial charge on any atom is -0.465 e. The van der Waals surface area contributed by atoms with Gasteiger partial charge in [0.2, 0.25) is 0 Å². The van der Waals surface area contributed by atoms with Crippen molar-refractivity contribution in [3.63, 3.8) is 0 Å². The van der Waals surface area contributed by atoms with E-state index in [0.717, 1.165) is 10.5 Å². The van der Waals surface area contributed by atoms with E-state index in [0.29, 0.717) is 23.1 Å². The Labute approximate surface area is 98.8 Å². The molecular formula is C9H7BrN2O4. The van der Waals surface area contributed by atoms with Crippen LogP contribution >= 0.6 is 15.9 Å². The van der Waals surface area contributed by atoms with E-state index in [-0.39, 0.29) is 5.69 Å². The van der Waals surface area contributed by atoms with Crippen molar-refractivity contribution >= 4 is 33.4 Å². The van der Waals surface area contributed by atoms with Gasteiger partial charge in [0.15, 0.2) is 0 Å². The molecule has 0 saturated carbocycles. The first kappa shape index (κ1) is 10.9. The number of amides is 1. The lowest BCUT2D eigenvalue weighted by molar-refractivity contribution is -0.385. The van der Waals surface area contributed by atoms with Gasteiger partial charge in [0.25, 0.3) is 5.69 Å². The normalized spacial score (nSPS) is 13.7. The number of nitro benzene ring substituents is 1. The van der Waals surface area contributed by atoms with Crippen molar-refractivity contribution in [1.29, 1.82) is 0 Å². The fourth-order valence-corrected chi connectivity index (χ4v) is 2.27. The Bertz CT molecular complexity index is 489. The SMILES string of the molecule is O=C(O)N1CCc2cc(Br)c([N+](=O)[O-])cc21. The van der Waals surface area contributed by atoms with E-state index in [1.807, 2.05) is 0 Å². The fraction of sp³-hybridized carbons (Fsp3) is 0.222. The molecule has 1 aliphatic rings. The molecule has 6 nitrogen and oxygen atoms in total. The van der Waals surface area contributed by atoms with Gasteiger partial charge in [-0.15, -0.1) is 0 Å². The van der Waals surface area contributed by atoms with E-state index >= 15 is 0 Å². The Morgan fingerprint density at radius 2 is 2.25 bits per heavy atom. The molecule has 0 fully saturated rings. The first-order chi connectivity index (χ1) is 7.50. The number of fused-ring (bicyclic) bond motifs is 1. The Balaban J connectivity index is 2.54. The summed E-state index contributed by atoms with van der Waals surface area (Å²) in [5, 5.41) is 19.6. The zero-order valence-corrected chi connectivity index (χ0v) is 9.60. The monoisotopic (exact) mass is 286 g/mol. The third kappa shape index (κ3) is 1.63. The molecule has 1 aliphatic heterocycles. The Morgan fingerprint density at radius 1 is 1.56 bits per heavy atom. The van der Waals surface area contributed by atoms with Crippen molar-refractivity contribution < 1.29 is 14.8 Å². The van der Waals surface area contributed by atoms with Crippen LogP contribution in [0.3, 0.4) is 0 Å². The summed E-state index contributed by atoms with van der Waals surface area (Å²) in [6.07, 6.45) is -0.506. The zero-order valence-electron chi connectivity index (χ0n) is 8.01. The molecule has 1 aromatic carbocycles.